The van der Waals surface area contributed by atoms with E-state index >= 15 is 0 Å². The van der Waals surface area contributed by atoms with Gasteiger partial charge in [0.25, 0.3) is 5.91 Å². The zero-order chi connectivity index (χ0) is 21.8. The highest BCUT2D eigenvalue weighted by atomic mass is 79.9. The Labute approximate surface area is 197 Å². The van der Waals surface area contributed by atoms with Gasteiger partial charge in [-0.1, -0.05) is 54.5 Å². The van der Waals surface area contributed by atoms with E-state index in [2.05, 4.69) is 15.9 Å². The molecule has 1 aromatic rings. The van der Waals surface area contributed by atoms with Crippen LogP contribution in [0.25, 0.3) is 6.08 Å². The number of rotatable bonds is 5. The normalized spacial score (nSPS) is 23.7. The molecule has 7 heteroatoms. The lowest BCUT2D eigenvalue weighted by Crippen LogP contribution is -2.41. The van der Waals surface area contributed by atoms with E-state index in [-0.39, 0.29) is 11.9 Å². The van der Waals surface area contributed by atoms with E-state index in [4.69, 9.17) is 14.5 Å². The Balaban J connectivity index is 1.70. The van der Waals surface area contributed by atoms with Crippen LogP contribution in [-0.4, -0.2) is 42.3 Å². The topological polar surface area (TPSA) is 51.1 Å². The monoisotopic (exact) mass is 506 g/mol. The molecule has 1 amide bonds. The summed E-state index contributed by atoms with van der Waals surface area (Å²) >= 11 is 5.07. The Bertz CT molecular complexity index is 874. The summed E-state index contributed by atoms with van der Waals surface area (Å²) in [6.45, 7) is 0. The first-order valence-corrected chi connectivity index (χ1v) is 12.9. The van der Waals surface area contributed by atoms with E-state index in [0.29, 0.717) is 22.4 Å². The lowest BCUT2D eigenvalue weighted by Gasteiger charge is -2.31. The Morgan fingerprint density at radius 3 is 2.35 bits per heavy atom. The van der Waals surface area contributed by atoms with Crippen LogP contribution in [0.4, 0.5) is 0 Å². The number of amides is 1. The molecule has 0 unspecified atom stereocenters. The van der Waals surface area contributed by atoms with Crippen molar-refractivity contribution in [1.82, 2.24) is 4.90 Å². The van der Waals surface area contributed by atoms with Crippen molar-refractivity contribution in [3.05, 3.63) is 27.1 Å². The molecule has 1 saturated heterocycles. The van der Waals surface area contributed by atoms with E-state index in [1.54, 1.807) is 14.2 Å². The predicted octanol–water partition coefficient (Wildman–Crippen LogP) is 6.40. The van der Waals surface area contributed by atoms with E-state index in [1.807, 2.05) is 23.1 Å². The number of thioether (sulfide) groups is 1. The number of amidine groups is 1. The van der Waals surface area contributed by atoms with Gasteiger partial charge in [-0.2, -0.15) is 0 Å². The molecule has 1 aliphatic heterocycles. The van der Waals surface area contributed by atoms with Crippen LogP contribution in [0.5, 0.6) is 11.5 Å². The van der Waals surface area contributed by atoms with Crippen LogP contribution < -0.4 is 9.47 Å². The molecule has 2 aliphatic carbocycles. The number of carbonyl (C=O) groups is 1. The van der Waals surface area contributed by atoms with Crippen molar-refractivity contribution in [2.75, 3.05) is 14.2 Å². The lowest BCUT2D eigenvalue weighted by atomic mass is 9.94. The molecule has 2 saturated carbocycles. The third kappa shape index (κ3) is 5.14. The Kier molecular flexibility index (Phi) is 7.64. The summed E-state index contributed by atoms with van der Waals surface area (Å²) < 4.78 is 12.0. The molecule has 0 aromatic heterocycles. The van der Waals surface area contributed by atoms with Gasteiger partial charge in [-0.3, -0.25) is 14.7 Å². The molecule has 1 aromatic carbocycles. The number of nitrogens with zero attached hydrogens (tertiary/aromatic N) is 2. The summed E-state index contributed by atoms with van der Waals surface area (Å²) in [7, 11) is 3.25. The summed E-state index contributed by atoms with van der Waals surface area (Å²) in [5.74, 6) is 1.35. The maximum atomic E-state index is 13.6. The highest BCUT2D eigenvalue weighted by Crippen LogP contribution is 2.41. The molecule has 3 fully saturated rings. The summed E-state index contributed by atoms with van der Waals surface area (Å²) in [6, 6.07) is 4.44. The minimum absolute atomic E-state index is 0.0763. The fourth-order valence-electron chi connectivity index (χ4n) is 4.81. The van der Waals surface area contributed by atoms with Gasteiger partial charge in [-0.25, -0.2) is 0 Å². The minimum Gasteiger partial charge on any atom is -0.493 e. The highest BCUT2D eigenvalue weighted by Gasteiger charge is 2.39. The molecule has 0 bridgehead atoms. The van der Waals surface area contributed by atoms with Gasteiger partial charge in [-0.15, -0.1) is 0 Å². The molecular formula is C24H31BrN2O3S. The summed E-state index contributed by atoms with van der Waals surface area (Å²) in [6.07, 6.45) is 13.7. The van der Waals surface area contributed by atoms with Crippen molar-refractivity contribution in [2.24, 2.45) is 4.99 Å². The van der Waals surface area contributed by atoms with Crippen molar-refractivity contribution in [1.29, 1.82) is 0 Å². The average Bonchev–Trinajstić information content (AvgIpc) is 3.09. The van der Waals surface area contributed by atoms with Crippen LogP contribution in [0.15, 0.2) is 26.5 Å². The Morgan fingerprint density at radius 2 is 1.71 bits per heavy atom. The predicted molar refractivity (Wildman–Crippen MR) is 131 cm³/mol. The summed E-state index contributed by atoms with van der Waals surface area (Å²) in [5, 5.41) is 0.899. The van der Waals surface area contributed by atoms with Crippen LogP contribution in [0.3, 0.4) is 0 Å². The van der Waals surface area contributed by atoms with Crippen LogP contribution in [0.1, 0.15) is 69.8 Å². The molecule has 168 valence electrons. The summed E-state index contributed by atoms with van der Waals surface area (Å²) in [5.41, 5.74) is 0.826. The number of hydrogen-bond acceptors (Lipinski definition) is 5. The van der Waals surface area contributed by atoms with Crippen LogP contribution >= 0.6 is 27.7 Å². The first-order valence-electron chi connectivity index (χ1n) is 11.3. The number of benzene rings is 1. The second-order valence-corrected chi connectivity index (χ2v) is 10.4. The first kappa shape index (κ1) is 22.7. The van der Waals surface area contributed by atoms with Crippen molar-refractivity contribution in [2.45, 2.75) is 76.3 Å². The largest absolute Gasteiger partial charge is 0.493 e. The fraction of sp³-hybridized carbons (Fsp3) is 0.583. The fourth-order valence-corrected chi connectivity index (χ4v) is 6.37. The van der Waals surface area contributed by atoms with Gasteiger partial charge in [0.1, 0.15) is 0 Å². The molecule has 0 spiro atoms. The van der Waals surface area contributed by atoms with Gasteiger partial charge >= 0.3 is 0 Å². The summed E-state index contributed by atoms with van der Waals surface area (Å²) in [4.78, 5) is 21.4. The molecular weight excluding hydrogens is 476 g/mol. The van der Waals surface area contributed by atoms with Crippen LogP contribution in [-0.2, 0) is 4.79 Å². The van der Waals surface area contributed by atoms with Crippen molar-refractivity contribution in [3.8, 4) is 11.5 Å². The second kappa shape index (κ2) is 10.4. The molecule has 1 heterocycles. The molecule has 0 N–H and O–H groups in total. The molecule has 4 rings (SSSR count). The third-order valence-corrected chi connectivity index (χ3v) is 7.86. The molecule has 0 radical (unpaired) electrons. The van der Waals surface area contributed by atoms with Crippen LogP contribution in [0.2, 0.25) is 0 Å². The zero-order valence-corrected chi connectivity index (χ0v) is 20.8. The Morgan fingerprint density at radius 1 is 1.03 bits per heavy atom. The number of aliphatic imine (C=N–C) groups is 1. The van der Waals surface area contributed by atoms with Gasteiger partial charge < -0.3 is 9.47 Å². The minimum atomic E-state index is 0.0763. The number of halogens is 1. The molecule has 31 heavy (non-hydrogen) atoms. The van der Waals surface area contributed by atoms with Gasteiger partial charge in [-0.05, 0) is 55.7 Å². The van der Waals surface area contributed by atoms with Crippen LogP contribution in [0, 0.1) is 0 Å². The maximum absolute atomic E-state index is 13.6. The maximum Gasteiger partial charge on any atom is 0.267 e. The highest BCUT2D eigenvalue weighted by molar-refractivity contribution is 9.10. The first-order chi connectivity index (χ1) is 15.1. The number of hydrogen-bond donors (Lipinski definition) is 0. The second-order valence-electron chi connectivity index (χ2n) is 8.51. The molecule has 5 nitrogen and oxygen atoms in total. The van der Waals surface area contributed by atoms with Gasteiger partial charge in [0.15, 0.2) is 16.7 Å². The zero-order valence-electron chi connectivity index (χ0n) is 18.4. The SMILES string of the molecule is COc1cc(Br)cc(C=C2SC(=NC3CCCCC3)N(C3CCCCC3)C2=O)c1OC. The van der Waals surface area contributed by atoms with E-state index in [9.17, 15) is 4.79 Å². The molecule has 3 aliphatic rings. The van der Waals surface area contributed by atoms with E-state index in [0.717, 1.165) is 40.9 Å². The van der Waals surface area contributed by atoms with Crippen molar-refractivity contribution >= 4 is 44.8 Å². The van der Waals surface area contributed by atoms with Crippen molar-refractivity contribution < 1.29 is 14.3 Å². The smallest absolute Gasteiger partial charge is 0.267 e. The van der Waals surface area contributed by atoms with Gasteiger partial charge in [0.05, 0.1) is 25.2 Å². The number of methoxy groups -OCH3 is 2. The molecule has 0 atom stereocenters. The quantitative estimate of drug-likeness (QED) is 0.433. The number of ether oxygens (including phenoxy) is 2. The van der Waals surface area contributed by atoms with E-state index < -0.39 is 0 Å². The van der Waals surface area contributed by atoms with Gasteiger partial charge in [0.2, 0.25) is 0 Å². The average molecular weight is 507 g/mol. The van der Waals surface area contributed by atoms with Crippen molar-refractivity contribution in [3.63, 3.8) is 0 Å². The lowest BCUT2D eigenvalue weighted by molar-refractivity contribution is -0.124. The Hall–Kier alpha value is -1.47. The van der Waals surface area contributed by atoms with E-state index in [1.165, 1.54) is 50.3 Å². The van der Waals surface area contributed by atoms with Gasteiger partial charge in [0, 0.05) is 16.1 Å². The standard InChI is InChI=1S/C24H31BrN2O3S/c1-29-20-15-17(25)13-16(22(20)30-2)14-21-23(28)27(19-11-7-4-8-12-19)24(31-21)26-18-9-5-3-6-10-18/h13-15,18-19H,3-12H2,1-2H3. The third-order valence-electron chi connectivity index (χ3n) is 6.40. The number of carbonyl (C=O) groups excluding carboxylic acids is 1.